The van der Waals surface area contributed by atoms with Crippen molar-refractivity contribution in [2.45, 2.75) is 32.7 Å². The van der Waals surface area contributed by atoms with Gasteiger partial charge in [0.15, 0.2) is 0 Å². The number of hydrogen-bond acceptors (Lipinski definition) is 5. The molecule has 0 spiro atoms. The topological polar surface area (TPSA) is 79.5 Å². The minimum atomic E-state index is -0.227. The minimum absolute atomic E-state index is 0.198. The summed E-state index contributed by atoms with van der Waals surface area (Å²) in [6.45, 7) is 7.26. The van der Waals surface area contributed by atoms with E-state index in [2.05, 4.69) is 27.2 Å². The number of aromatic nitrogens is 4. The fraction of sp³-hybridized carbons (Fsp3) is 0.200. The van der Waals surface area contributed by atoms with E-state index < -0.39 is 0 Å². The Morgan fingerprint density at radius 1 is 1.19 bits per heavy atom. The van der Waals surface area contributed by atoms with Crippen LogP contribution in [0.4, 0.5) is 10.1 Å². The second kappa shape index (κ2) is 9.09. The summed E-state index contributed by atoms with van der Waals surface area (Å²) in [6.07, 6.45) is 3.72. The Kier molecular flexibility index (Phi) is 6.07. The summed E-state index contributed by atoms with van der Waals surface area (Å²) in [5, 5.41) is 20.5. The van der Waals surface area contributed by atoms with Crippen molar-refractivity contribution >= 4 is 33.3 Å². The van der Waals surface area contributed by atoms with Crippen LogP contribution >= 0.6 is 0 Å². The first-order valence-electron chi connectivity index (χ1n) is 10.5. The number of halogens is 1. The molecule has 0 aliphatic heterocycles. The van der Waals surface area contributed by atoms with Crippen molar-refractivity contribution in [3.8, 4) is 5.69 Å². The molecule has 0 amide bonds. The number of hydrogen-bond donors (Lipinski definition) is 2. The molecular formula is C25H25FN6. The Morgan fingerprint density at radius 3 is 2.81 bits per heavy atom. The average Bonchev–Trinajstić information content (AvgIpc) is 3.26. The summed E-state index contributed by atoms with van der Waals surface area (Å²) in [6, 6.07) is 15.4. The highest BCUT2D eigenvalue weighted by Gasteiger charge is 2.14. The quantitative estimate of drug-likeness (QED) is 0.337. The maximum absolute atomic E-state index is 14.6. The molecule has 0 radical (unpaired) electrons. The van der Waals surface area contributed by atoms with Gasteiger partial charge < -0.3 is 10.7 Å². The van der Waals surface area contributed by atoms with Crippen LogP contribution in [0.25, 0.3) is 27.6 Å². The van der Waals surface area contributed by atoms with Gasteiger partial charge in [0.05, 0.1) is 16.7 Å². The summed E-state index contributed by atoms with van der Waals surface area (Å²) in [5.41, 5.74) is 5.26. The van der Waals surface area contributed by atoms with Crippen molar-refractivity contribution in [3.63, 3.8) is 0 Å². The summed E-state index contributed by atoms with van der Waals surface area (Å²) >= 11 is 0. The number of para-hydroxylation sites is 1. The monoisotopic (exact) mass is 428 g/mol. The van der Waals surface area contributed by atoms with Crippen molar-refractivity contribution in [2.24, 2.45) is 0 Å². The molecule has 0 aliphatic rings. The largest absolute Gasteiger partial charge is 0.378 e. The number of fused-ring (bicyclic) bond motifs is 2. The normalized spacial score (nSPS) is 13.1. The van der Waals surface area contributed by atoms with E-state index in [0.29, 0.717) is 17.7 Å². The predicted molar refractivity (Wildman–Crippen MR) is 128 cm³/mol. The number of nitrogens with one attached hydrogen (secondary N) is 2. The lowest BCUT2D eigenvalue weighted by Gasteiger charge is -2.19. The Bertz CT molecular complexity index is 1340. The second-order valence-corrected chi connectivity index (χ2v) is 7.73. The third-order valence-corrected chi connectivity index (χ3v) is 5.63. The van der Waals surface area contributed by atoms with E-state index in [4.69, 9.17) is 5.41 Å². The van der Waals surface area contributed by atoms with Crippen LogP contribution in [-0.4, -0.2) is 31.7 Å². The van der Waals surface area contributed by atoms with Gasteiger partial charge in [0.2, 0.25) is 0 Å². The molecule has 1 unspecified atom stereocenters. The smallest absolute Gasteiger partial charge is 0.113 e. The summed E-state index contributed by atoms with van der Waals surface area (Å²) < 4.78 is 16.4. The van der Waals surface area contributed by atoms with Crippen molar-refractivity contribution in [3.05, 3.63) is 78.8 Å². The van der Waals surface area contributed by atoms with E-state index >= 15 is 0 Å². The third-order valence-electron chi connectivity index (χ3n) is 5.63. The number of rotatable bonds is 8. The first-order chi connectivity index (χ1) is 15.5. The Morgan fingerprint density at radius 2 is 2.00 bits per heavy atom. The molecule has 0 bridgehead atoms. The van der Waals surface area contributed by atoms with Gasteiger partial charge in [-0.15, -0.1) is 5.10 Å². The SMILES string of the molecule is C=CC(=N)CC/C(F)=C(\C)C(C)Nc1ccnc2ccc(-n3nnc4ccccc43)cc12. The first-order valence-corrected chi connectivity index (χ1v) is 10.5. The average molecular weight is 429 g/mol. The predicted octanol–water partition coefficient (Wildman–Crippen LogP) is 6.00. The molecule has 0 saturated heterocycles. The number of allylic oxidation sites excluding steroid dienone is 2. The van der Waals surface area contributed by atoms with Gasteiger partial charge in [0.25, 0.3) is 0 Å². The molecule has 1 atom stereocenters. The Labute approximate surface area is 186 Å². The van der Waals surface area contributed by atoms with Crippen LogP contribution < -0.4 is 5.32 Å². The highest BCUT2D eigenvalue weighted by Crippen LogP contribution is 2.28. The maximum atomic E-state index is 14.6. The molecule has 0 aliphatic carbocycles. The molecule has 2 heterocycles. The lowest BCUT2D eigenvalue weighted by atomic mass is 10.0. The molecule has 32 heavy (non-hydrogen) atoms. The number of nitrogens with zero attached hydrogens (tertiary/aromatic N) is 4. The van der Waals surface area contributed by atoms with Gasteiger partial charge in [-0.2, -0.15) is 0 Å². The van der Waals surface area contributed by atoms with Crippen molar-refractivity contribution < 1.29 is 4.39 Å². The number of benzene rings is 2. The van der Waals surface area contributed by atoms with Gasteiger partial charge in [-0.1, -0.05) is 23.9 Å². The third kappa shape index (κ3) is 4.27. The molecule has 7 heteroatoms. The minimum Gasteiger partial charge on any atom is -0.378 e. The standard InChI is InChI=1S/C25H25FN6/c1-4-18(27)9-11-21(26)16(2)17(3)29-23-13-14-28-22-12-10-19(15-20(22)23)32-25-8-6-5-7-24(25)30-31-32/h4-8,10,12-15,17,27H,1,9,11H2,2-3H3,(H,28,29)/b21-16-,27-18?. The van der Waals surface area contributed by atoms with Crippen LogP contribution in [0.1, 0.15) is 26.7 Å². The van der Waals surface area contributed by atoms with Crippen LogP contribution in [0.15, 0.2) is 78.8 Å². The first kappa shape index (κ1) is 21.4. The zero-order chi connectivity index (χ0) is 22.7. The number of pyridine rings is 1. The lowest BCUT2D eigenvalue weighted by molar-refractivity contribution is 0.573. The van der Waals surface area contributed by atoms with Crippen LogP contribution in [0, 0.1) is 5.41 Å². The van der Waals surface area contributed by atoms with Crippen molar-refractivity contribution in [1.82, 2.24) is 20.0 Å². The van der Waals surface area contributed by atoms with E-state index in [9.17, 15) is 4.39 Å². The summed E-state index contributed by atoms with van der Waals surface area (Å²) in [7, 11) is 0. The van der Waals surface area contributed by atoms with Gasteiger partial charge in [-0.3, -0.25) is 4.98 Å². The Balaban J connectivity index is 1.65. The zero-order valence-corrected chi connectivity index (χ0v) is 18.1. The number of anilines is 1. The van der Waals surface area contributed by atoms with E-state index in [1.54, 1.807) is 17.8 Å². The van der Waals surface area contributed by atoms with Gasteiger partial charge in [0.1, 0.15) is 11.3 Å². The Hall–Kier alpha value is -3.87. The van der Waals surface area contributed by atoms with Gasteiger partial charge in [-0.25, -0.2) is 9.07 Å². The molecule has 4 aromatic rings. The van der Waals surface area contributed by atoms with Crippen LogP contribution in [0.3, 0.4) is 0 Å². The molecule has 2 aromatic carbocycles. The molecule has 6 nitrogen and oxygen atoms in total. The maximum Gasteiger partial charge on any atom is 0.113 e. The van der Waals surface area contributed by atoms with Crippen molar-refractivity contribution in [1.29, 1.82) is 5.41 Å². The lowest BCUT2D eigenvalue weighted by Crippen LogP contribution is -2.18. The summed E-state index contributed by atoms with van der Waals surface area (Å²) in [5.74, 6) is -0.204. The zero-order valence-electron chi connectivity index (χ0n) is 18.1. The summed E-state index contributed by atoms with van der Waals surface area (Å²) in [4.78, 5) is 4.47. The van der Waals surface area contributed by atoms with E-state index in [1.165, 1.54) is 6.08 Å². The highest BCUT2D eigenvalue weighted by molar-refractivity contribution is 5.93. The van der Waals surface area contributed by atoms with E-state index in [0.717, 1.165) is 33.3 Å². The van der Waals surface area contributed by atoms with Gasteiger partial charge >= 0.3 is 0 Å². The fourth-order valence-electron chi connectivity index (χ4n) is 3.57. The fourth-order valence-corrected chi connectivity index (χ4v) is 3.57. The molecular weight excluding hydrogens is 403 g/mol. The van der Waals surface area contributed by atoms with E-state index in [1.807, 2.05) is 55.5 Å². The molecule has 2 aromatic heterocycles. The molecule has 2 N–H and O–H groups in total. The molecule has 162 valence electrons. The van der Waals surface area contributed by atoms with Crippen LogP contribution in [0.2, 0.25) is 0 Å². The van der Waals surface area contributed by atoms with Crippen molar-refractivity contribution in [2.75, 3.05) is 5.32 Å². The van der Waals surface area contributed by atoms with Gasteiger partial charge in [-0.05, 0) is 68.3 Å². The van der Waals surface area contributed by atoms with Crippen LogP contribution in [-0.2, 0) is 0 Å². The van der Waals surface area contributed by atoms with Crippen LogP contribution in [0.5, 0.6) is 0 Å². The molecule has 0 saturated carbocycles. The molecule has 4 rings (SSSR count). The highest BCUT2D eigenvalue weighted by atomic mass is 19.1. The van der Waals surface area contributed by atoms with E-state index in [-0.39, 0.29) is 18.3 Å². The second-order valence-electron chi connectivity index (χ2n) is 7.73. The van der Waals surface area contributed by atoms with Gasteiger partial charge in [0, 0.05) is 35.4 Å². The molecule has 0 fully saturated rings.